The number of benzene rings is 8. The summed E-state index contributed by atoms with van der Waals surface area (Å²) in [5.41, 5.74) is 0. The van der Waals surface area contributed by atoms with E-state index in [4.69, 9.17) is 0 Å². The fourth-order valence-electron chi connectivity index (χ4n) is 7.84. The average molecular weight is 653 g/mol. The first kappa shape index (κ1) is 30.2. The molecule has 0 atom stereocenters. The molecule has 8 aromatic rings. The zero-order chi connectivity index (χ0) is 32.2. The van der Waals surface area contributed by atoms with Gasteiger partial charge in [-0.25, -0.2) is 0 Å². The number of hydrogen-bond acceptors (Lipinski definition) is 0. The van der Waals surface area contributed by atoms with E-state index in [9.17, 15) is 0 Å². The molecule has 0 aliphatic heterocycles. The number of fused-ring (bicyclic) bond motifs is 1. The maximum absolute atomic E-state index is 2.62. The van der Waals surface area contributed by atoms with Gasteiger partial charge in [-0.15, -0.1) is 0 Å². The van der Waals surface area contributed by atoms with Gasteiger partial charge in [0.1, 0.15) is 0 Å². The minimum absolute atomic E-state index is 1.27. The van der Waals surface area contributed by atoms with Gasteiger partial charge in [-0.2, -0.15) is 0 Å². The van der Waals surface area contributed by atoms with Gasteiger partial charge in [-0.3, -0.25) is 0 Å². The van der Waals surface area contributed by atoms with Crippen molar-refractivity contribution in [3.63, 3.8) is 0 Å². The molecule has 0 radical (unpaired) electrons. The van der Waals surface area contributed by atoms with Gasteiger partial charge in [0.05, 0.1) is 0 Å². The monoisotopic (exact) mass is 652 g/mol. The Morgan fingerprint density at radius 3 is 0.604 bits per heavy atom. The predicted octanol–water partition coefficient (Wildman–Crippen LogP) is 7.54. The predicted molar refractivity (Wildman–Crippen MR) is 216 cm³/mol. The van der Waals surface area contributed by atoms with Gasteiger partial charge in [0, 0.05) is 0 Å². The van der Waals surface area contributed by atoms with Crippen molar-refractivity contribution in [1.29, 1.82) is 0 Å². The van der Waals surface area contributed by atoms with Crippen molar-refractivity contribution in [3.8, 4) is 0 Å². The van der Waals surface area contributed by atoms with Crippen molar-refractivity contribution < 1.29 is 0 Å². The second kappa shape index (κ2) is 13.2. The number of hydrogen-bond donors (Lipinski definition) is 0. The Morgan fingerprint density at radius 2 is 0.396 bits per heavy atom. The molecule has 0 N–H and O–H groups in total. The Balaban J connectivity index is 1.39. The summed E-state index contributed by atoms with van der Waals surface area (Å²) in [6.07, 6.45) is 0. The third-order valence-corrected chi connectivity index (χ3v) is 19.5. The van der Waals surface area contributed by atoms with Crippen LogP contribution in [0.2, 0.25) is 0 Å². The average Bonchev–Trinajstić information content (AvgIpc) is 3.18. The van der Waals surface area contributed by atoms with E-state index in [1.54, 1.807) is 0 Å². The summed E-state index contributed by atoms with van der Waals surface area (Å²) in [4.78, 5) is 0. The molecule has 0 saturated carbocycles. The van der Waals surface area contributed by atoms with Gasteiger partial charge >= 0.3 is 286 Å². The van der Waals surface area contributed by atoms with Crippen LogP contribution in [-0.4, -0.2) is 0 Å². The Bertz CT molecular complexity index is 1890. The quantitative estimate of drug-likeness (QED) is 0.149. The summed E-state index contributed by atoms with van der Waals surface area (Å²) in [6.45, 7) is 0. The van der Waals surface area contributed by atoms with E-state index in [0.29, 0.717) is 0 Å². The molecule has 0 unspecified atom stereocenters. The molecule has 48 heavy (non-hydrogen) atoms. The first-order valence-electron chi connectivity index (χ1n) is 16.7. The van der Waals surface area contributed by atoms with Crippen LogP contribution in [0.15, 0.2) is 218 Å². The van der Waals surface area contributed by atoms with E-state index in [2.05, 4.69) is 218 Å². The molecule has 0 aliphatic rings. The fourth-order valence-corrected chi connectivity index (χ4v) is 17.4. The van der Waals surface area contributed by atoms with E-state index in [-0.39, 0.29) is 0 Å². The standard InChI is InChI=1S/C46H38P2/c1-7-19-39(20-8-1)47(40-21-9-2-10-22-40,41-23-11-3-12-24-41)45-33-31-38-36-46(34-32-37(38)35-45)48(42-25-13-4-14-26-42,43-27-15-5-16-28-43)44-29-17-6-18-30-44/h1-36,47-48H. The van der Waals surface area contributed by atoms with Crippen molar-refractivity contribution >= 4 is 67.7 Å². The minimum atomic E-state index is -2.62. The van der Waals surface area contributed by atoms with Crippen LogP contribution in [0, 0.1) is 0 Å². The molecule has 0 saturated heterocycles. The van der Waals surface area contributed by atoms with Crippen molar-refractivity contribution in [2.75, 3.05) is 0 Å². The summed E-state index contributed by atoms with van der Waals surface area (Å²) >= 11 is 0. The summed E-state index contributed by atoms with van der Waals surface area (Å²) in [5, 5.41) is 13.7. The van der Waals surface area contributed by atoms with Crippen LogP contribution in [-0.2, 0) is 0 Å². The van der Waals surface area contributed by atoms with Gasteiger partial charge in [-0.05, 0) is 0 Å². The van der Waals surface area contributed by atoms with E-state index in [0.717, 1.165) is 0 Å². The van der Waals surface area contributed by atoms with Crippen LogP contribution in [0.3, 0.4) is 0 Å². The molecular formula is C46H38P2. The van der Waals surface area contributed by atoms with Gasteiger partial charge in [0.25, 0.3) is 0 Å². The van der Waals surface area contributed by atoms with Gasteiger partial charge in [0.15, 0.2) is 0 Å². The summed E-state index contributed by atoms with van der Waals surface area (Å²) < 4.78 is 0. The molecule has 0 bridgehead atoms. The molecule has 0 heterocycles. The third-order valence-electron chi connectivity index (χ3n) is 9.95. The van der Waals surface area contributed by atoms with Crippen molar-refractivity contribution in [2.24, 2.45) is 0 Å². The second-order valence-electron chi connectivity index (χ2n) is 12.5. The molecule has 0 aliphatic carbocycles. The molecule has 0 nitrogen and oxygen atoms in total. The summed E-state index contributed by atoms with van der Waals surface area (Å²) in [7, 11) is -5.23. The molecule has 0 fully saturated rings. The molecule has 0 spiro atoms. The van der Waals surface area contributed by atoms with Crippen LogP contribution >= 0.6 is 14.5 Å². The molecule has 232 valence electrons. The Kier molecular flexibility index (Phi) is 8.30. The zero-order valence-electron chi connectivity index (χ0n) is 26.8. The molecule has 0 amide bonds. The van der Waals surface area contributed by atoms with Gasteiger partial charge in [0.2, 0.25) is 0 Å². The van der Waals surface area contributed by atoms with E-state index in [1.165, 1.54) is 53.2 Å². The number of rotatable bonds is 8. The summed E-state index contributed by atoms with van der Waals surface area (Å²) in [6, 6.07) is 81.6. The molecule has 2 heteroatoms. The van der Waals surface area contributed by atoms with Crippen LogP contribution in [0.1, 0.15) is 0 Å². The van der Waals surface area contributed by atoms with Crippen molar-refractivity contribution in [3.05, 3.63) is 218 Å². The Morgan fingerprint density at radius 1 is 0.188 bits per heavy atom. The van der Waals surface area contributed by atoms with Gasteiger partial charge in [-0.1, -0.05) is 0 Å². The first-order chi connectivity index (χ1) is 23.8. The van der Waals surface area contributed by atoms with Crippen molar-refractivity contribution in [2.45, 2.75) is 0 Å². The normalized spacial score (nSPS) is 12.4. The van der Waals surface area contributed by atoms with Crippen LogP contribution in [0.5, 0.6) is 0 Å². The second-order valence-corrected chi connectivity index (χ2v) is 20.1. The summed E-state index contributed by atoms with van der Waals surface area (Å²) in [5.74, 6) is 0. The third kappa shape index (κ3) is 5.10. The maximum atomic E-state index is 2.48. The Labute approximate surface area is 285 Å². The van der Waals surface area contributed by atoms with E-state index in [1.807, 2.05) is 0 Å². The SMILES string of the molecule is c1ccc([PH](c2ccccc2)(c2ccccc2)c2ccc3cc([PH](c4ccccc4)(c4ccccc4)c4ccccc4)ccc3c2)cc1. The van der Waals surface area contributed by atoms with Crippen LogP contribution in [0.25, 0.3) is 10.8 Å². The fraction of sp³-hybridized carbons (Fsp3) is 0. The van der Waals surface area contributed by atoms with Gasteiger partial charge < -0.3 is 0 Å². The Hall–Kier alpha value is -5.12. The van der Waals surface area contributed by atoms with Crippen molar-refractivity contribution in [1.82, 2.24) is 0 Å². The van der Waals surface area contributed by atoms with E-state index < -0.39 is 14.5 Å². The molecule has 8 aromatic carbocycles. The van der Waals surface area contributed by atoms with Crippen LogP contribution in [0.4, 0.5) is 0 Å². The zero-order valence-corrected chi connectivity index (χ0v) is 28.8. The topological polar surface area (TPSA) is 0 Å². The molecule has 0 aromatic heterocycles. The van der Waals surface area contributed by atoms with E-state index >= 15 is 0 Å². The first-order valence-corrected chi connectivity index (χ1v) is 20.7. The molecule has 8 rings (SSSR count). The van der Waals surface area contributed by atoms with Crippen LogP contribution < -0.4 is 42.4 Å². The molecular weight excluding hydrogens is 614 g/mol.